The number of ether oxygens (including phenoxy) is 2. The fraction of sp³-hybridized carbons (Fsp3) is 0.571. The molecule has 210 valence electrons. The smallest absolute Gasteiger partial charge is 0.320 e. The predicted molar refractivity (Wildman–Crippen MR) is 153 cm³/mol. The third kappa shape index (κ3) is 5.91. The van der Waals surface area contributed by atoms with Crippen LogP contribution < -0.4 is 9.64 Å². The van der Waals surface area contributed by atoms with Gasteiger partial charge in [0.25, 0.3) is 0 Å². The Hall–Kier alpha value is -2.73. The second-order valence-electron chi connectivity index (χ2n) is 10.8. The van der Waals surface area contributed by atoms with E-state index in [0.717, 1.165) is 59.6 Å². The van der Waals surface area contributed by atoms with Crippen molar-refractivity contribution >= 4 is 33.8 Å². The van der Waals surface area contributed by atoms with Crippen molar-refractivity contribution in [2.75, 3.05) is 58.1 Å². The lowest BCUT2D eigenvalue weighted by Crippen LogP contribution is -2.54. The number of alkyl halides is 1. The van der Waals surface area contributed by atoms with Crippen LogP contribution in [0.1, 0.15) is 37.3 Å². The van der Waals surface area contributed by atoms with E-state index in [1.807, 2.05) is 24.1 Å². The van der Waals surface area contributed by atoms with Crippen LogP contribution in [0, 0.1) is 12.8 Å². The van der Waals surface area contributed by atoms with Crippen LogP contribution in [0.2, 0.25) is 0 Å². The van der Waals surface area contributed by atoms with Crippen LogP contribution in [0.3, 0.4) is 0 Å². The number of halogens is 1. The number of hydrogen-bond donors (Lipinski definition) is 1. The summed E-state index contributed by atoms with van der Waals surface area (Å²) in [7, 11) is 1.52. The molecule has 0 bridgehead atoms. The van der Waals surface area contributed by atoms with Gasteiger partial charge in [-0.05, 0) is 62.9 Å². The van der Waals surface area contributed by atoms with Crippen LogP contribution in [0.25, 0.3) is 16.7 Å². The number of aliphatic hydroxyl groups is 1. The van der Waals surface area contributed by atoms with Gasteiger partial charge in [0.15, 0.2) is 5.82 Å². The molecule has 2 saturated heterocycles. The van der Waals surface area contributed by atoms with Gasteiger partial charge < -0.3 is 19.5 Å². The zero-order valence-corrected chi connectivity index (χ0v) is 23.8. The Morgan fingerprint density at radius 1 is 1.31 bits per heavy atom. The highest BCUT2D eigenvalue weighted by Crippen LogP contribution is 2.38. The third-order valence-electron chi connectivity index (χ3n) is 7.76. The molecule has 2 aliphatic heterocycles. The molecular weight excluding hydrogens is 519 g/mol. The number of benzene rings is 1. The lowest BCUT2D eigenvalue weighted by molar-refractivity contribution is -0.0797. The van der Waals surface area contributed by atoms with Crippen LogP contribution in [0.15, 0.2) is 24.4 Å². The van der Waals surface area contributed by atoms with Gasteiger partial charge in [-0.25, -0.2) is 4.68 Å². The predicted octanol–water partition coefficient (Wildman–Crippen LogP) is 3.48. The van der Waals surface area contributed by atoms with Crippen LogP contribution in [0.4, 0.5) is 10.2 Å². The van der Waals surface area contributed by atoms with Gasteiger partial charge in [-0.3, -0.25) is 9.29 Å². The monoisotopic (exact) mass is 556 g/mol. The van der Waals surface area contributed by atoms with Gasteiger partial charge >= 0.3 is 6.01 Å². The van der Waals surface area contributed by atoms with Crippen molar-refractivity contribution in [2.45, 2.75) is 45.3 Å². The Kier molecular flexibility index (Phi) is 8.41. The molecule has 2 unspecified atom stereocenters. The fourth-order valence-electron chi connectivity index (χ4n) is 5.77. The summed E-state index contributed by atoms with van der Waals surface area (Å²) in [5.41, 5.74) is 3.19. The first-order valence-electron chi connectivity index (χ1n) is 13.5. The quantitative estimate of drug-likeness (QED) is 0.377. The van der Waals surface area contributed by atoms with Crippen LogP contribution >= 0.6 is 12.2 Å². The standard InChI is InChI=1S/C28H37FN6O3S/c1-17-7-20-11-30-35(27-9-26(31-28(32-27)37-4)34(12-18(2)36)13-19(3)39)25(20)8-24(17)23-5-6-33(14-21(23)10-29)22-15-38-16-22/h7-9,11,18,21-23,36H,5-6,10,12-16H2,1-4H3/t18-,21?,23?/m1/s1. The number of nitrogens with zero attached hydrogens (tertiary/aromatic N) is 6. The zero-order chi connectivity index (χ0) is 27.7. The number of thiocarbonyl (C=S) groups is 1. The minimum absolute atomic E-state index is 0.0652. The second-order valence-corrected chi connectivity index (χ2v) is 11.5. The van der Waals surface area contributed by atoms with E-state index in [1.165, 1.54) is 7.11 Å². The number of aliphatic hydroxyl groups excluding tert-OH is 1. The summed E-state index contributed by atoms with van der Waals surface area (Å²) < 4.78 is 26.9. The van der Waals surface area contributed by atoms with Crippen molar-refractivity contribution in [1.82, 2.24) is 24.6 Å². The van der Waals surface area contributed by atoms with Gasteiger partial charge in [-0.2, -0.15) is 15.1 Å². The van der Waals surface area contributed by atoms with E-state index in [4.69, 9.17) is 21.7 Å². The summed E-state index contributed by atoms with van der Waals surface area (Å²) in [6.45, 7) is 9.33. The molecule has 1 N–H and O–H groups in total. The van der Waals surface area contributed by atoms with Crippen molar-refractivity contribution in [3.8, 4) is 11.8 Å². The van der Waals surface area contributed by atoms with Gasteiger partial charge in [-0.1, -0.05) is 12.2 Å². The molecule has 2 aromatic heterocycles. The van der Waals surface area contributed by atoms with E-state index in [1.54, 1.807) is 11.6 Å². The largest absolute Gasteiger partial charge is 0.467 e. The van der Waals surface area contributed by atoms with E-state index in [9.17, 15) is 9.50 Å². The van der Waals surface area contributed by atoms with E-state index in [2.05, 4.69) is 39.0 Å². The maximum Gasteiger partial charge on any atom is 0.320 e. The van der Waals surface area contributed by atoms with Crippen molar-refractivity contribution in [3.05, 3.63) is 35.5 Å². The van der Waals surface area contributed by atoms with Crippen molar-refractivity contribution < 1.29 is 19.0 Å². The molecule has 39 heavy (non-hydrogen) atoms. The van der Waals surface area contributed by atoms with E-state index in [0.29, 0.717) is 30.8 Å². The number of hydrogen-bond acceptors (Lipinski definition) is 9. The number of piperidine rings is 1. The lowest BCUT2D eigenvalue weighted by atomic mass is 9.78. The molecule has 5 rings (SSSR count). The highest BCUT2D eigenvalue weighted by molar-refractivity contribution is 7.80. The molecule has 2 aliphatic rings. The van der Waals surface area contributed by atoms with Gasteiger partial charge in [0.1, 0.15) is 5.82 Å². The molecule has 3 atom stereocenters. The molecule has 0 radical (unpaired) electrons. The highest BCUT2D eigenvalue weighted by Gasteiger charge is 2.36. The first kappa shape index (κ1) is 27.8. The highest BCUT2D eigenvalue weighted by atomic mass is 32.1. The molecule has 4 heterocycles. The molecular formula is C28H37FN6O3S. The topological polar surface area (TPSA) is 88.8 Å². The Morgan fingerprint density at radius 3 is 2.74 bits per heavy atom. The molecule has 0 spiro atoms. The molecule has 0 saturated carbocycles. The molecule has 1 aromatic carbocycles. The molecule has 11 heteroatoms. The molecule has 0 amide bonds. The fourth-order valence-corrected chi connectivity index (χ4v) is 5.92. The minimum atomic E-state index is -0.577. The van der Waals surface area contributed by atoms with E-state index in [-0.39, 0.29) is 24.5 Å². The molecule has 0 aliphatic carbocycles. The molecule has 3 aromatic rings. The van der Waals surface area contributed by atoms with Crippen LogP contribution in [0.5, 0.6) is 6.01 Å². The minimum Gasteiger partial charge on any atom is -0.467 e. The van der Waals surface area contributed by atoms with Crippen molar-refractivity contribution in [3.63, 3.8) is 0 Å². The van der Waals surface area contributed by atoms with Crippen molar-refractivity contribution in [2.24, 2.45) is 5.92 Å². The summed E-state index contributed by atoms with van der Waals surface area (Å²) in [5.74, 6) is 1.19. The normalized spacial score (nSPS) is 21.1. The summed E-state index contributed by atoms with van der Waals surface area (Å²) in [5, 5.41) is 15.7. The maximum atomic E-state index is 14.3. The van der Waals surface area contributed by atoms with Crippen molar-refractivity contribution in [1.29, 1.82) is 0 Å². The SMILES string of the molecule is COc1nc(N(CC(C)=S)C[C@@H](C)O)cc(-n2ncc3cc(C)c(C4CCN(C5COC5)CC4CF)cc32)n1. The molecule has 9 nitrogen and oxygen atoms in total. The number of anilines is 1. The number of aryl methyl sites for hydroxylation is 1. The first-order valence-corrected chi connectivity index (χ1v) is 13.9. The Morgan fingerprint density at radius 2 is 2.10 bits per heavy atom. The number of aromatic nitrogens is 4. The number of likely N-dealkylation sites (tertiary alicyclic amines) is 1. The zero-order valence-electron chi connectivity index (χ0n) is 23.0. The summed E-state index contributed by atoms with van der Waals surface area (Å²) in [4.78, 5) is 14.2. The Balaban J connectivity index is 1.52. The summed E-state index contributed by atoms with van der Waals surface area (Å²) >= 11 is 5.35. The molecule has 2 fully saturated rings. The number of rotatable bonds is 10. The third-order valence-corrected chi connectivity index (χ3v) is 7.89. The summed E-state index contributed by atoms with van der Waals surface area (Å²) in [6.07, 6.45) is 2.15. The van der Waals surface area contributed by atoms with Gasteiger partial charge in [-0.15, -0.1) is 0 Å². The average Bonchev–Trinajstić information content (AvgIpc) is 3.28. The van der Waals surface area contributed by atoms with E-state index >= 15 is 0 Å². The van der Waals surface area contributed by atoms with Gasteiger partial charge in [0.2, 0.25) is 0 Å². The Labute approximate surface area is 233 Å². The average molecular weight is 557 g/mol. The number of methoxy groups -OCH3 is 1. The number of fused-ring (bicyclic) bond motifs is 1. The first-order chi connectivity index (χ1) is 18.8. The maximum absolute atomic E-state index is 14.3. The Bertz CT molecular complexity index is 1330. The van der Waals surface area contributed by atoms with Crippen LogP contribution in [-0.4, -0.2) is 99.9 Å². The van der Waals surface area contributed by atoms with Crippen LogP contribution in [-0.2, 0) is 4.74 Å². The van der Waals surface area contributed by atoms with Gasteiger partial charge in [0, 0.05) is 35.3 Å². The second kappa shape index (κ2) is 11.8. The summed E-state index contributed by atoms with van der Waals surface area (Å²) in [6, 6.07) is 6.72. The van der Waals surface area contributed by atoms with Gasteiger partial charge in [0.05, 0.1) is 57.4 Å². The van der Waals surface area contributed by atoms with E-state index < -0.39 is 6.10 Å². The lowest BCUT2D eigenvalue weighted by Gasteiger charge is -2.44.